The Hall–Kier alpha value is -1.80. The van der Waals surface area contributed by atoms with E-state index in [1.165, 1.54) is 22.4 Å². The van der Waals surface area contributed by atoms with Gasteiger partial charge in [-0.2, -0.15) is 0 Å². The summed E-state index contributed by atoms with van der Waals surface area (Å²) in [6.07, 6.45) is 8.34. The van der Waals surface area contributed by atoms with Crippen LogP contribution in [0.2, 0.25) is 0 Å². The number of rotatable bonds is 5. The molecule has 0 radical (unpaired) electrons. The zero-order valence-electron chi connectivity index (χ0n) is 13.2. The van der Waals surface area contributed by atoms with Gasteiger partial charge in [-0.15, -0.1) is 0 Å². The van der Waals surface area contributed by atoms with E-state index < -0.39 is 0 Å². The van der Waals surface area contributed by atoms with Crippen LogP contribution in [0.25, 0.3) is 0 Å². The number of anilines is 1. The third kappa shape index (κ3) is 3.85. The molecule has 1 aliphatic heterocycles. The highest BCUT2D eigenvalue weighted by Gasteiger charge is 2.22. The average Bonchev–Trinajstić information content (AvgIpc) is 2.65. The second kappa shape index (κ2) is 7.84. The Morgan fingerprint density at radius 2 is 2.19 bits per heavy atom. The van der Waals surface area contributed by atoms with Gasteiger partial charge >= 0.3 is 0 Å². The minimum atomic E-state index is 0.330. The van der Waals surface area contributed by atoms with Gasteiger partial charge in [-0.05, 0) is 55.6 Å². The number of hydrogen-bond donors (Lipinski definition) is 2. The summed E-state index contributed by atoms with van der Waals surface area (Å²) < 4.78 is 0. The summed E-state index contributed by atoms with van der Waals surface area (Å²) in [6, 6.07) is 8.94. The number of hydrogen-bond acceptors (Lipinski definition) is 2. The van der Waals surface area contributed by atoms with E-state index in [0.29, 0.717) is 6.04 Å². The predicted molar refractivity (Wildman–Crippen MR) is 92.8 cm³/mol. The number of fused-ring (bicyclic) bond motifs is 1. The molecule has 2 heteroatoms. The second-order valence-electron chi connectivity index (χ2n) is 5.34. The molecule has 0 spiro atoms. The Balaban J connectivity index is 2.34. The monoisotopic (exact) mass is 282 g/mol. The Kier molecular flexibility index (Phi) is 5.82. The van der Waals surface area contributed by atoms with Crippen molar-refractivity contribution >= 4 is 5.69 Å². The molecule has 0 bridgehead atoms. The van der Waals surface area contributed by atoms with Gasteiger partial charge in [0.2, 0.25) is 0 Å². The summed E-state index contributed by atoms with van der Waals surface area (Å²) in [7, 11) is 0. The molecule has 0 aliphatic carbocycles. The van der Waals surface area contributed by atoms with Crippen LogP contribution in [-0.2, 0) is 6.42 Å². The number of benzene rings is 1. The average molecular weight is 282 g/mol. The second-order valence-corrected chi connectivity index (χ2v) is 5.34. The predicted octanol–water partition coefficient (Wildman–Crippen LogP) is 4.08. The highest BCUT2D eigenvalue weighted by molar-refractivity contribution is 5.60. The van der Waals surface area contributed by atoms with Crippen LogP contribution < -0.4 is 10.6 Å². The molecule has 1 atom stereocenters. The van der Waals surface area contributed by atoms with Crippen LogP contribution >= 0.6 is 0 Å². The van der Waals surface area contributed by atoms with E-state index in [-0.39, 0.29) is 0 Å². The smallest absolute Gasteiger partial charge is 0.0528 e. The third-order valence-corrected chi connectivity index (χ3v) is 3.98. The van der Waals surface area contributed by atoms with E-state index in [1.807, 2.05) is 6.08 Å². The lowest BCUT2D eigenvalue weighted by Gasteiger charge is -2.22. The van der Waals surface area contributed by atoms with Crippen molar-refractivity contribution in [1.29, 1.82) is 0 Å². The van der Waals surface area contributed by atoms with E-state index in [9.17, 15) is 0 Å². The summed E-state index contributed by atoms with van der Waals surface area (Å²) in [6.45, 7) is 10.2. The molecular formula is C19H26N2. The molecule has 0 amide bonds. The lowest BCUT2D eigenvalue weighted by molar-refractivity contribution is 0.639. The zero-order valence-corrected chi connectivity index (χ0v) is 13.2. The molecule has 1 aromatic carbocycles. The molecule has 2 nitrogen and oxygen atoms in total. The van der Waals surface area contributed by atoms with Crippen LogP contribution in [0.1, 0.15) is 25.8 Å². The zero-order chi connectivity index (χ0) is 15.1. The molecule has 0 aromatic heterocycles. The van der Waals surface area contributed by atoms with Gasteiger partial charge in [-0.1, -0.05) is 49.9 Å². The first-order valence-corrected chi connectivity index (χ1v) is 7.83. The van der Waals surface area contributed by atoms with E-state index >= 15 is 0 Å². The Morgan fingerprint density at radius 1 is 1.38 bits per heavy atom. The molecule has 1 aromatic rings. The Bertz CT molecular complexity index is 540. The van der Waals surface area contributed by atoms with Crippen LogP contribution in [-0.4, -0.2) is 19.1 Å². The summed E-state index contributed by atoms with van der Waals surface area (Å²) in [5, 5.41) is 7.14. The van der Waals surface area contributed by atoms with Gasteiger partial charge in [0.25, 0.3) is 0 Å². The van der Waals surface area contributed by atoms with Crippen molar-refractivity contribution < 1.29 is 0 Å². The molecule has 0 saturated heterocycles. The van der Waals surface area contributed by atoms with E-state index in [4.69, 9.17) is 0 Å². The lowest BCUT2D eigenvalue weighted by atomic mass is 9.93. The molecule has 21 heavy (non-hydrogen) atoms. The molecule has 112 valence electrons. The standard InChI is InChI=1S/C19H26N2/c1-4-9-17-15(5-2)14-16-10-7-8-11-18(16)21-19(17)12-13-20-6-3/h4-5,7-11,19-21H,1,6,12-14H2,2-3H3/b15-5-,17-9+. The van der Waals surface area contributed by atoms with Gasteiger partial charge in [0.1, 0.15) is 0 Å². The van der Waals surface area contributed by atoms with Gasteiger partial charge in [-0.25, -0.2) is 0 Å². The van der Waals surface area contributed by atoms with Gasteiger partial charge in [0.15, 0.2) is 0 Å². The van der Waals surface area contributed by atoms with Crippen molar-refractivity contribution in [3.63, 3.8) is 0 Å². The minimum absolute atomic E-state index is 0.330. The maximum absolute atomic E-state index is 3.89. The van der Waals surface area contributed by atoms with Gasteiger partial charge in [-0.3, -0.25) is 0 Å². The summed E-state index contributed by atoms with van der Waals surface area (Å²) in [4.78, 5) is 0. The van der Waals surface area contributed by atoms with Crippen molar-refractivity contribution in [3.8, 4) is 0 Å². The number of nitrogens with one attached hydrogen (secondary N) is 2. The normalized spacial score (nSPS) is 21.7. The van der Waals surface area contributed by atoms with Gasteiger partial charge in [0, 0.05) is 5.69 Å². The van der Waals surface area contributed by atoms with Crippen molar-refractivity contribution in [1.82, 2.24) is 5.32 Å². The fraction of sp³-hybridized carbons (Fsp3) is 0.368. The first-order chi connectivity index (χ1) is 10.3. The number of allylic oxidation sites excluding steroid dienone is 3. The highest BCUT2D eigenvalue weighted by Crippen LogP contribution is 2.31. The van der Waals surface area contributed by atoms with E-state index in [1.54, 1.807) is 0 Å². The van der Waals surface area contributed by atoms with Crippen LogP contribution in [0.15, 0.2) is 60.2 Å². The molecule has 0 fully saturated rings. The quantitative estimate of drug-likeness (QED) is 0.795. The maximum atomic E-state index is 3.89. The molecule has 1 heterocycles. The third-order valence-electron chi connectivity index (χ3n) is 3.98. The van der Waals surface area contributed by atoms with Crippen LogP contribution in [0.5, 0.6) is 0 Å². The first-order valence-electron chi connectivity index (χ1n) is 7.83. The van der Waals surface area contributed by atoms with Crippen molar-refractivity contribution in [2.45, 2.75) is 32.7 Å². The summed E-state index contributed by atoms with van der Waals surface area (Å²) in [5.74, 6) is 0. The molecule has 1 unspecified atom stereocenters. The Labute approximate surface area is 128 Å². The molecule has 0 saturated carbocycles. The fourth-order valence-corrected chi connectivity index (χ4v) is 2.88. The maximum Gasteiger partial charge on any atom is 0.0528 e. The van der Waals surface area contributed by atoms with E-state index in [0.717, 1.165) is 25.9 Å². The van der Waals surface area contributed by atoms with Crippen LogP contribution in [0, 0.1) is 0 Å². The van der Waals surface area contributed by atoms with Crippen molar-refractivity contribution in [2.75, 3.05) is 18.4 Å². The van der Waals surface area contributed by atoms with Gasteiger partial charge in [0.05, 0.1) is 6.04 Å². The fourth-order valence-electron chi connectivity index (χ4n) is 2.88. The molecule has 2 rings (SSSR count). The summed E-state index contributed by atoms with van der Waals surface area (Å²) >= 11 is 0. The topological polar surface area (TPSA) is 24.1 Å². The minimum Gasteiger partial charge on any atom is -0.378 e. The highest BCUT2D eigenvalue weighted by atomic mass is 14.9. The molecular weight excluding hydrogens is 256 g/mol. The number of para-hydroxylation sites is 1. The Morgan fingerprint density at radius 3 is 2.90 bits per heavy atom. The van der Waals surface area contributed by atoms with Crippen molar-refractivity contribution in [3.05, 3.63) is 65.8 Å². The SMILES string of the molecule is C=C/C=C1\C(=C/C)Cc2ccccc2NC1CCNCC. The first kappa shape index (κ1) is 15.6. The van der Waals surface area contributed by atoms with Gasteiger partial charge < -0.3 is 10.6 Å². The summed E-state index contributed by atoms with van der Waals surface area (Å²) in [5.41, 5.74) is 5.38. The molecule has 1 aliphatic rings. The van der Waals surface area contributed by atoms with Crippen molar-refractivity contribution in [2.24, 2.45) is 0 Å². The van der Waals surface area contributed by atoms with Crippen LogP contribution in [0.3, 0.4) is 0 Å². The van der Waals surface area contributed by atoms with Crippen LogP contribution in [0.4, 0.5) is 5.69 Å². The lowest BCUT2D eigenvalue weighted by Crippen LogP contribution is -2.27. The molecule has 2 N–H and O–H groups in total. The van der Waals surface area contributed by atoms with E-state index in [2.05, 4.69) is 67.5 Å². The largest absolute Gasteiger partial charge is 0.378 e.